The van der Waals surface area contributed by atoms with Crippen molar-refractivity contribution >= 4 is 33.6 Å². The molecule has 0 saturated heterocycles. The largest absolute Gasteiger partial charge is 0.505 e. The monoisotopic (exact) mass is 534 g/mol. The summed E-state index contributed by atoms with van der Waals surface area (Å²) in [5.74, 6) is -1.76. The lowest BCUT2D eigenvalue weighted by molar-refractivity contribution is -0.130. The first-order chi connectivity index (χ1) is 17.3. The zero-order valence-corrected chi connectivity index (χ0v) is 21.9. The summed E-state index contributed by atoms with van der Waals surface area (Å²) in [6.07, 6.45) is -0.352. The van der Waals surface area contributed by atoms with E-state index in [1.54, 1.807) is 36.4 Å². The second kappa shape index (κ2) is 12.9. The van der Waals surface area contributed by atoms with Crippen LogP contribution < -0.4 is 15.4 Å². The molecule has 0 aliphatic heterocycles. The maximum Gasteiger partial charge on any atom is 0.408 e. The molecule has 0 bridgehead atoms. The summed E-state index contributed by atoms with van der Waals surface area (Å²) < 4.78 is 25.9. The van der Waals surface area contributed by atoms with E-state index in [0.717, 1.165) is 15.5 Å². The molecule has 202 valence electrons. The Labute approximate surface area is 216 Å². The van der Waals surface area contributed by atoms with Crippen molar-refractivity contribution in [1.29, 1.82) is 0 Å². The van der Waals surface area contributed by atoms with Crippen LogP contribution in [-0.2, 0) is 32.7 Å². The highest BCUT2D eigenvalue weighted by molar-refractivity contribution is 7.92. The van der Waals surface area contributed by atoms with Gasteiger partial charge in [-0.05, 0) is 24.0 Å². The number of para-hydroxylation sites is 1. The van der Waals surface area contributed by atoms with Gasteiger partial charge < -0.3 is 21.3 Å². The van der Waals surface area contributed by atoms with Crippen molar-refractivity contribution in [2.45, 2.75) is 45.8 Å². The second-order valence-electron chi connectivity index (χ2n) is 9.10. The van der Waals surface area contributed by atoms with E-state index >= 15 is 0 Å². The van der Waals surface area contributed by atoms with E-state index in [1.807, 2.05) is 13.8 Å². The van der Waals surface area contributed by atoms with E-state index in [-0.39, 0.29) is 42.6 Å². The number of hydrogen-bond acceptors (Lipinski definition) is 6. The molecule has 0 saturated carbocycles. The molecule has 0 radical (unpaired) electrons. The van der Waals surface area contributed by atoms with Crippen molar-refractivity contribution in [3.05, 3.63) is 59.7 Å². The van der Waals surface area contributed by atoms with E-state index in [1.165, 1.54) is 12.1 Å². The fraction of sp³-hybridized carbons (Fsp3) is 0.400. The molecular formula is C25H34N4O7S. The van der Waals surface area contributed by atoms with Crippen LogP contribution in [0.2, 0.25) is 0 Å². The highest BCUT2D eigenvalue weighted by Gasteiger charge is 2.31. The third-order valence-corrected chi connectivity index (χ3v) is 6.82. The molecule has 0 aliphatic carbocycles. The van der Waals surface area contributed by atoms with Gasteiger partial charge in [-0.3, -0.25) is 18.8 Å². The van der Waals surface area contributed by atoms with E-state index in [2.05, 4.69) is 5.32 Å². The highest BCUT2D eigenvalue weighted by atomic mass is 32.2. The van der Waals surface area contributed by atoms with Gasteiger partial charge in [0.05, 0.1) is 18.4 Å². The number of hydrogen-bond donors (Lipinski definition) is 4. The maximum absolute atomic E-state index is 13.0. The number of anilines is 1. The Kier molecular flexibility index (Phi) is 10.3. The molecule has 5 N–H and O–H groups in total. The molecule has 0 spiro atoms. The zero-order chi connectivity index (χ0) is 27.8. The van der Waals surface area contributed by atoms with Gasteiger partial charge in [-0.25, -0.2) is 13.2 Å². The highest BCUT2D eigenvalue weighted by Crippen LogP contribution is 2.33. The molecule has 3 amide bonds. The normalized spacial score (nSPS) is 12.1. The number of benzene rings is 2. The van der Waals surface area contributed by atoms with E-state index in [9.17, 15) is 33.0 Å². The van der Waals surface area contributed by atoms with Crippen LogP contribution in [0.4, 0.5) is 10.5 Å². The van der Waals surface area contributed by atoms with Crippen LogP contribution in [-0.4, -0.2) is 60.3 Å². The molecule has 0 unspecified atom stereocenters. The van der Waals surface area contributed by atoms with Crippen LogP contribution in [0.1, 0.15) is 37.8 Å². The van der Waals surface area contributed by atoms with Gasteiger partial charge in [0.25, 0.3) is 0 Å². The molecule has 2 rings (SSSR count). The fourth-order valence-electron chi connectivity index (χ4n) is 3.69. The third-order valence-electron chi connectivity index (χ3n) is 5.64. The van der Waals surface area contributed by atoms with Crippen molar-refractivity contribution in [2.75, 3.05) is 17.1 Å². The Morgan fingerprint density at radius 3 is 2.24 bits per heavy atom. The number of amides is 3. The van der Waals surface area contributed by atoms with Gasteiger partial charge in [0.1, 0.15) is 11.8 Å². The molecular weight excluding hydrogens is 500 g/mol. The molecule has 0 aromatic heterocycles. The smallest absolute Gasteiger partial charge is 0.408 e. The predicted molar refractivity (Wildman–Crippen MR) is 139 cm³/mol. The number of primary amides is 1. The molecule has 0 aliphatic rings. The van der Waals surface area contributed by atoms with Gasteiger partial charge >= 0.3 is 6.09 Å². The van der Waals surface area contributed by atoms with E-state index < -0.39 is 40.4 Å². The number of carbonyl (C=O) groups is 3. The number of nitrogens with one attached hydrogen (secondary N) is 1. The fourth-order valence-corrected chi connectivity index (χ4v) is 4.63. The number of phenolic OH excluding ortho intramolecular Hbond substituents is 1. The van der Waals surface area contributed by atoms with Gasteiger partial charge in [-0.2, -0.15) is 0 Å². The van der Waals surface area contributed by atoms with Gasteiger partial charge in [-0.15, -0.1) is 0 Å². The number of sulfonamides is 1. The molecule has 2 aromatic carbocycles. The van der Waals surface area contributed by atoms with Gasteiger partial charge in [0, 0.05) is 25.2 Å². The lowest BCUT2D eigenvalue weighted by Gasteiger charge is -2.28. The number of rotatable bonds is 13. The molecule has 0 fully saturated rings. The minimum atomic E-state index is -3.70. The second-order valence-corrected chi connectivity index (χ2v) is 11.0. The Bertz CT molecular complexity index is 1200. The lowest BCUT2D eigenvalue weighted by atomic mass is 10.1. The summed E-state index contributed by atoms with van der Waals surface area (Å²) in [7, 11) is -3.70. The average molecular weight is 535 g/mol. The van der Waals surface area contributed by atoms with Crippen LogP contribution in [0.3, 0.4) is 0 Å². The first-order valence-electron chi connectivity index (χ1n) is 11.7. The van der Waals surface area contributed by atoms with Crippen LogP contribution in [0.15, 0.2) is 48.5 Å². The van der Waals surface area contributed by atoms with Crippen molar-refractivity contribution in [3.63, 3.8) is 0 Å². The molecule has 11 nitrogen and oxygen atoms in total. The van der Waals surface area contributed by atoms with Crippen molar-refractivity contribution < 1.29 is 33.0 Å². The Hall–Kier alpha value is -3.80. The summed E-state index contributed by atoms with van der Waals surface area (Å²) in [4.78, 5) is 37.5. The Morgan fingerprint density at radius 2 is 1.70 bits per heavy atom. The first-order valence-corrected chi connectivity index (χ1v) is 13.5. The summed E-state index contributed by atoms with van der Waals surface area (Å²) in [6.45, 7) is 3.67. The number of aromatic hydroxyl groups is 1. The van der Waals surface area contributed by atoms with Crippen LogP contribution in [0.5, 0.6) is 5.75 Å². The maximum atomic E-state index is 13.0. The summed E-state index contributed by atoms with van der Waals surface area (Å²) >= 11 is 0. The molecule has 37 heavy (non-hydrogen) atoms. The van der Waals surface area contributed by atoms with Gasteiger partial charge in [0.2, 0.25) is 21.8 Å². The van der Waals surface area contributed by atoms with Crippen molar-refractivity contribution in [1.82, 2.24) is 10.2 Å². The molecule has 0 heterocycles. The SMILES string of the molecule is CC(C)CCN(c1cccc(CNC(=O)[C@H](CC(N)=O)N(Cc2ccccc2)C(=O)O)c1O)S(C)(=O)=O. The van der Waals surface area contributed by atoms with E-state index in [4.69, 9.17) is 5.73 Å². The number of nitrogens with zero attached hydrogens (tertiary/aromatic N) is 2. The summed E-state index contributed by atoms with van der Waals surface area (Å²) in [5, 5.41) is 23.1. The minimum Gasteiger partial charge on any atom is -0.505 e. The van der Waals surface area contributed by atoms with Crippen LogP contribution in [0, 0.1) is 5.92 Å². The topological polar surface area (TPSA) is 170 Å². The van der Waals surface area contributed by atoms with Crippen molar-refractivity contribution in [2.24, 2.45) is 11.7 Å². The van der Waals surface area contributed by atoms with Crippen molar-refractivity contribution in [3.8, 4) is 5.75 Å². The van der Waals surface area contributed by atoms with Crippen LogP contribution >= 0.6 is 0 Å². The van der Waals surface area contributed by atoms with E-state index in [0.29, 0.717) is 12.0 Å². The quantitative estimate of drug-likeness (QED) is 0.305. The third kappa shape index (κ3) is 8.67. The Morgan fingerprint density at radius 1 is 1.05 bits per heavy atom. The number of carboxylic acid groups (broad SMARTS) is 1. The number of nitrogens with two attached hydrogens (primary N) is 1. The average Bonchev–Trinajstić information content (AvgIpc) is 2.80. The summed E-state index contributed by atoms with van der Waals surface area (Å²) in [6, 6.07) is 11.7. The minimum absolute atomic E-state index is 0.0693. The Balaban J connectivity index is 2.28. The molecule has 1 atom stereocenters. The predicted octanol–water partition coefficient (Wildman–Crippen LogP) is 2.24. The van der Waals surface area contributed by atoms with Gasteiger partial charge in [-0.1, -0.05) is 56.3 Å². The molecule has 2 aromatic rings. The summed E-state index contributed by atoms with van der Waals surface area (Å²) in [5.41, 5.74) is 6.19. The first kappa shape index (κ1) is 29.4. The van der Waals surface area contributed by atoms with Gasteiger partial charge in [0.15, 0.2) is 0 Å². The van der Waals surface area contributed by atoms with Crippen LogP contribution in [0.25, 0.3) is 0 Å². The standard InChI is InChI=1S/C25H34N4O7S/c1-17(2)12-13-29(37(3,35)36)20-11-7-10-19(23(20)31)15-27-24(32)21(14-22(26)30)28(25(33)34)16-18-8-5-4-6-9-18/h4-11,17,21,31H,12-16H2,1-3H3,(H2,26,30)(H,27,32)(H,33,34)/t21-/m0/s1. The lowest BCUT2D eigenvalue weighted by Crippen LogP contribution is -2.50. The molecule has 12 heteroatoms. The zero-order valence-electron chi connectivity index (χ0n) is 21.1. The number of carbonyl (C=O) groups excluding carboxylic acids is 2. The number of phenols is 1.